The van der Waals surface area contributed by atoms with Crippen LogP contribution in [0.5, 0.6) is 0 Å². The average Bonchev–Trinajstić information content (AvgIpc) is 3.02. The first-order valence-corrected chi connectivity index (χ1v) is 8.02. The van der Waals surface area contributed by atoms with Gasteiger partial charge >= 0.3 is 0 Å². The third-order valence-corrected chi connectivity index (χ3v) is 4.03. The zero-order chi connectivity index (χ0) is 16.9. The van der Waals surface area contributed by atoms with E-state index in [1.807, 2.05) is 13.0 Å². The molecule has 7 heteroatoms. The van der Waals surface area contributed by atoms with Crippen LogP contribution in [-0.2, 0) is 16.1 Å². The van der Waals surface area contributed by atoms with E-state index in [4.69, 9.17) is 4.74 Å². The Morgan fingerprint density at radius 1 is 1.42 bits per heavy atom. The van der Waals surface area contributed by atoms with Gasteiger partial charge in [0.05, 0.1) is 25.1 Å². The van der Waals surface area contributed by atoms with Crippen molar-refractivity contribution in [2.24, 2.45) is 0 Å². The van der Waals surface area contributed by atoms with Crippen molar-refractivity contribution in [1.82, 2.24) is 14.7 Å². The molecule has 3 rings (SSSR count). The lowest BCUT2D eigenvalue weighted by molar-refractivity contribution is -0.136. The number of ether oxygens (including phenoxy) is 1. The summed E-state index contributed by atoms with van der Waals surface area (Å²) < 4.78 is 20.2. The fourth-order valence-corrected chi connectivity index (χ4v) is 2.69. The van der Waals surface area contributed by atoms with E-state index < -0.39 is 0 Å². The number of nitrogens with one attached hydrogen (secondary N) is 1. The molecule has 0 spiro atoms. The van der Waals surface area contributed by atoms with Gasteiger partial charge in [-0.2, -0.15) is 5.10 Å². The average molecular weight is 332 g/mol. The number of morpholine rings is 1. The van der Waals surface area contributed by atoms with Gasteiger partial charge in [0.15, 0.2) is 0 Å². The van der Waals surface area contributed by atoms with Crippen molar-refractivity contribution >= 4 is 11.6 Å². The first-order valence-electron chi connectivity index (χ1n) is 8.02. The minimum atomic E-state index is -0.257. The van der Waals surface area contributed by atoms with Crippen molar-refractivity contribution in [2.75, 3.05) is 31.6 Å². The van der Waals surface area contributed by atoms with Crippen LogP contribution < -0.4 is 5.32 Å². The lowest BCUT2D eigenvalue weighted by atomic mass is 10.1. The smallest absolute Gasteiger partial charge is 0.244 e. The van der Waals surface area contributed by atoms with Gasteiger partial charge in [0.25, 0.3) is 0 Å². The molecule has 0 bridgehead atoms. The standard InChI is InChI=1S/C17H21FN4O2/c1-13(14-3-2-4-15(18)9-14)20-16-10-19-22(11-16)12-17(23)21-5-7-24-8-6-21/h2-4,9-11,13,20H,5-8,12H2,1H3/t13-/m0/s1. The molecule has 0 saturated carbocycles. The number of carbonyl (C=O) groups is 1. The molecule has 1 saturated heterocycles. The van der Waals surface area contributed by atoms with E-state index in [1.54, 1.807) is 28.0 Å². The number of halogens is 1. The van der Waals surface area contributed by atoms with Crippen LogP contribution in [0.3, 0.4) is 0 Å². The second-order valence-electron chi connectivity index (χ2n) is 5.84. The first kappa shape index (κ1) is 16.4. The lowest BCUT2D eigenvalue weighted by Crippen LogP contribution is -2.42. The van der Waals surface area contributed by atoms with Crippen molar-refractivity contribution < 1.29 is 13.9 Å². The van der Waals surface area contributed by atoms with E-state index in [2.05, 4.69) is 10.4 Å². The molecule has 1 fully saturated rings. The Hall–Kier alpha value is -2.41. The van der Waals surface area contributed by atoms with Gasteiger partial charge in [0.1, 0.15) is 12.4 Å². The van der Waals surface area contributed by atoms with Crippen LogP contribution >= 0.6 is 0 Å². The third kappa shape index (κ3) is 4.11. The van der Waals surface area contributed by atoms with Gasteiger partial charge in [-0.25, -0.2) is 4.39 Å². The highest BCUT2D eigenvalue weighted by atomic mass is 19.1. The van der Waals surface area contributed by atoms with E-state index in [0.29, 0.717) is 26.3 Å². The zero-order valence-electron chi connectivity index (χ0n) is 13.6. The van der Waals surface area contributed by atoms with Crippen molar-refractivity contribution in [3.63, 3.8) is 0 Å². The van der Waals surface area contributed by atoms with Gasteiger partial charge in [-0.1, -0.05) is 12.1 Å². The van der Waals surface area contributed by atoms with Crippen molar-refractivity contribution in [1.29, 1.82) is 0 Å². The summed E-state index contributed by atoms with van der Waals surface area (Å²) in [7, 11) is 0. The Morgan fingerprint density at radius 2 is 2.21 bits per heavy atom. The number of rotatable bonds is 5. The van der Waals surface area contributed by atoms with Crippen molar-refractivity contribution in [3.05, 3.63) is 48.0 Å². The number of hydrogen-bond donors (Lipinski definition) is 1. The summed E-state index contributed by atoms with van der Waals surface area (Å²) in [4.78, 5) is 14.0. The summed E-state index contributed by atoms with van der Waals surface area (Å²) in [5.41, 5.74) is 1.65. The molecule has 1 aromatic heterocycles. The summed E-state index contributed by atoms with van der Waals surface area (Å²) >= 11 is 0. The molecule has 1 atom stereocenters. The fourth-order valence-electron chi connectivity index (χ4n) is 2.69. The predicted molar refractivity (Wildman–Crippen MR) is 88.1 cm³/mol. The van der Waals surface area contributed by atoms with Gasteiger partial charge in [0.2, 0.25) is 5.91 Å². The third-order valence-electron chi connectivity index (χ3n) is 4.03. The maximum absolute atomic E-state index is 13.3. The number of aromatic nitrogens is 2. The van der Waals surface area contributed by atoms with Gasteiger partial charge < -0.3 is 15.0 Å². The molecule has 6 nitrogen and oxygen atoms in total. The highest BCUT2D eigenvalue weighted by molar-refractivity contribution is 5.76. The van der Waals surface area contributed by atoms with Crippen LogP contribution in [0.1, 0.15) is 18.5 Å². The second-order valence-corrected chi connectivity index (χ2v) is 5.84. The molecule has 24 heavy (non-hydrogen) atoms. The fraction of sp³-hybridized carbons (Fsp3) is 0.412. The van der Waals surface area contributed by atoms with E-state index in [1.165, 1.54) is 12.1 Å². The zero-order valence-corrected chi connectivity index (χ0v) is 13.6. The molecule has 2 heterocycles. The first-order chi connectivity index (χ1) is 11.6. The van der Waals surface area contributed by atoms with Crippen LogP contribution in [0.4, 0.5) is 10.1 Å². The molecule has 1 N–H and O–H groups in total. The number of amides is 1. The Balaban J connectivity index is 1.58. The molecule has 1 aliphatic rings. The van der Waals surface area contributed by atoms with Gasteiger partial charge in [-0.15, -0.1) is 0 Å². The largest absolute Gasteiger partial charge is 0.378 e. The Labute approximate surface area is 140 Å². The normalized spacial score (nSPS) is 16.0. The van der Waals surface area contributed by atoms with Crippen molar-refractivity contribution in [2.45, 2.75) is 19.5 Å². The maximum atomic E-state index is 13.3. The van der Waals surface area contributed by atoms with Gasteiger partial charge in [0, 0.05) is 25.3 Å². The molecule has 1 aromatic carbocycles. The second kappa shape index (κ2) is 7.44. The molecular formula is C17H21FN4O2. The number of benzene rings is 1. The van der Waals surface area contributed by atoms with E-state index in [0.717, 1.165) is 11.3 Å². The topological polar surface area (TPSA) is 59.4 Å². The van der Waals surface area contributed by atoms with Crippen LogP contribution in [0.25, 0.3) is 0 Å². The summed E-state index contributed by atoms with van der Waals surface area (Å²) in [5.74, 6) is -0.223. The number of carbonyl (C=O) groups excluding carboxylic acids is 1. The lowest BCUT2D eigenvalue weighted by Gasteiger charge is -2.26. The molecule has 0 unspecified atom stereocenters. The molecule has 0 radical (unpaired) electrons. The van der Waals surface area contributed by atoms with E-state index in [-0.39, 0.29) is 24.3 Å². The van der Waals surface area contributed by atoms with Crippen molar-refractivity contribution in [3.8, 4) is 0 Å². The Kier molecular flexibility index (Phi) is 5.10. The quantitative estimate of drug-likeness (QED) is 0.910. The highest BCUT2D eigenvalue weighted by Gasteiger charge is 2.17. The van der Waals surface area contributed by atoms with Crippen LogP contribution in [-0.4, -0.2) is 46.9 Å². The number of nitrogens with zero attached hydrogens (tertiary/aromatic N) is 3. The summed E-state index contributed by atoms with van der Waals surface area (Å²) in [6.07, 6.45) is 3.45. The Morgan fingerprint density at radius 3 is 2.96 bits per heavy atom. The van der Waals surface area contributed by atoms with Crippen LogP contribution in [0.15, 0.2) is 36.7 Å². The van der Waals surface area contributed by atoms with E-state index >= 15 is 0 Å². The van der Waals surface area contributed by atoms with Gasteiger partial charge in [-0.3, -0.25) is 9.48 Å². The molecule has 1 amide bonds. The SMILES string of the molecule is C[C@H](Nc1cnn(CC(=O)N2CCOCC2)c1)c1cccc(F)c1. The number of hydrogen-bond acceptors (Lipinski definition) is 4. The minimum absolute atomic E-state index is 0.0335. The van der Waals surface area contributed by atoms with Crippen LogP contribution in [0.2, 0.25) is 0 Å². The van der Waals surface area contributed by atoms with Gasteiger partial charge in [-0.05, 0) is 24.6 Å². The minimum Gasteiger partial charge on any atom is -0.378 e. The highest BCUT2D eigenvalue weighted by Crippen LogP contribution is 2.19. The summed E-state index contributed by atoms with van der Waals surface area (Å²) in [5, 5.41) is 7.48. The molecule has 128 valence electrons. The molecular weight excluding hydrogens is 311 g/mol. The summed E-state index contributed by atoms with van der Waals surface area (Å²) in [6, 6.07) is 6.42. The summed E-state index contributed by atoms with van der Waals surface area (Å²) in [6.45, 7) is 4.58. The Bertz CT molecular complexity index is 697. The van der Waals surface area contributed by atoms with E-state index in [9.17, 15) is 9.18 Å². The maximum Gasteiger partial charge on any atom is 0.244 e. The monoisotopic (exact) mass is 332 g/mol. The molecule has 2 aromatic rings. The predicted octanol–water partition coefficient (Wildman–Crippen LogP) is 2.05. The molecule has 0 aliphatic carbocycles. The number of anilines is 1. The molecule has 1 aliphatic heterocycles. The van der Waals surface area contributed by atoms with Crippen LogP contribution in [0, 0.1) is 5.82 Å².